The lowest BCUT2D eigenvalue weighted by Gasteiger charge is -2.07. The Morgan fingerprint density at radius 2 is 1.87 bits per heavy atom. The molecule has 0 saturated carbocycles. The SMILES string of the molecule is Cc1c(C(=O)CC[C@H](N)C(=O)O)c(=O)n(-c2ccccc2)n1C. The molecule has 3 N–H and O–H groups in total. The summed E-state index contributed by atoms with van der Waals surface area (Å²) < 4.78 is 3.03. The van der Waals surface area contributed by atoms with Gasteiger partial charge >= 0.3 is 5.97 Å². The monoisotopic (exact) mass is 317 g/mol. The van der Waals surface area contributed by atoms with Crippen LogP contribution in [-0.4, -0.2) is 32.3 Å². The third-order valence-corrected chi connectivity index (χ3v) is 3.83. The Balaban J connectivity index is 2.36. The van der Waals surface area contributed by atoms with E-state index in [0.29, 0.717) is 11.4 Å². The third-order valence-electron chi connectivity index (χ3n) is 3.83. The van der Waals surface area contributed by atoms with E-state index < -0.39 is 23.4 Å². The van der Waals surface area contributed by atoms with Crippen molar-refractivity contribution in [2.75, 3.05) is 0 Å². The van der Waals surface area contributed by atoms with Crippen molar-refractivity contribution in [1.82, 2.24) is 9.36 Å². The van der Waals surface area contributed by atoms with Gasteiger partial charge in [-0.25, -0.2) is 4.68 Å². The van der Waals surface area contributed by atoms with Gasteiger partial charge in [-0.05, 0) is 25.5 Å². The predicted octanol–water partition coefficient (Wildman–Crippen LogP) is 0.859. The van der Waals surface area contributed by atoms with E-state index in [0.717, 1.165) is 0 Å². The summed E-state index contributed by atoms with van der Waals surface area (Å²) in [6.07, 6.45) is -0.0877. The fraction of sp³-hybridized carbons (Fsp3) is 0.312. The Morgan fingerprint density at radius 1 is 1.26 bits per heavy atom. The van der Waals surface area contributed by atoms with Crippen LogP contribution in [0.1, 0.15) is 28.9 Å². The number of aromatic nitrogens is 2. The van der Waals surface area contributed by atoms with E-state index in [1.807, 2.05) is 6.07 Å². The van der Waals surface area contributed by atoms with E-state index >= 15 is 0 Å². The van der Waals surface area contributed by atoms with Crippen molar-refractivity contribution in [3.8, 4) is 5.69 Å². The van der Waals surface area contributed by atoms with Gasteiger partial charge in [-0.2, -0.15) is 0 Å². The van der Waals surface area contributed by atoms with E-state index in [1.165, 1.54) is 4.68 Å². The molecule has 0 amide bonds. The first-order chi connectivity index (χ1) is 10.8. The molecule has 0 radical (unpaired) electrons. The average Bonchev–Trinajstić information content (AvgIpc) is 2.75. The normalized spacial score (nSPS) is 12.1. The Bertz CT molecular complexity index is 790. The number of hydrogen-bond donors (Lipinski definition) is 2. The largest absolute Gasteiger partial charge is 0.480 e. The zero-order valence-electron chi connectivity index (χ0n) is 13.0. The average molecular weight is 317 g/mol. The van der Waals surface area contributed by atoms with Crippen LogP contribution in [0.5, 0.6) is 0 Å². The molecular formula is C16H19N3O4. The smallest absolute Gasteiger partial charge is 0.320 e. The fourth-order valence-electron chi connectivity index (χ4n) is 2.42. The molecule has 7 nitrogen and oxygen atoms in total. The molecule has 0 aliphatic heterocycles. The quantitative estimate of drug-likeness (QED) is 0.768. The second-order valence-corrected chi connectivity index (χ2v) is 5.34. The fourth-order valence-corrected chi connectivity index (χ4v) is 2.42. The van der Waals surface area contributed by atoms with Crippen molar-refractivity contribution in [3.63, 3.8) is 0 Å². The lowest BCUT2D eigenvalue weighted by molar-refractivity contribution is -0.138. The molecule has 7 heteroatoms. The van der Waals surface area contributed by atoms with Gasteiger partial charge in [-0.3, -0.25) is 19.1 Å². The maximum absolute atomic E-state index is 12.6. The molecule has 0 unspecified atom stereocenters. The highest BCUT2D eigenvalue weighted by Gasteiger charge is 2.23. The highest BCUT2D eigenvalue weighted by Crippen LogP contribution is 2.12. The van der Waals surface area contributed by atoms with Crippen molar-refractivity contribution in [2.45, 2.75) is 25.8 Å². The second kappa shape index (κ2) is 6.62. The summed E-state index contributed by atoms with van der Waals surface area (Å²) in [5.41, 5.74) is 6.26. The van der Waals surface area contributed by atoms with E-state index in [9.17, 15) is 14.4 Å². The van der Waals surface area contributed by atoms with Crippen LogP contribution in [0.2, 0.25) is 0 Å². The summed E-state index contributed by atoms with van der Waals surface area (Å²) in [5, 5.41) is 8.77. The zero-order valence-corrected chi connectivity index (χ0v) is 13.0. The summed E-state index contributed by atoms with van der Waals surface area (Å²) in [7, 11) is 1.70. The van der Waals surface area contributed by atoms with E-state index in [1.54, 1.807) is 42.9 Å². The molecule has 0 fully saturated rings. The van der Waals surface area contributed by atoms with Gasteiger partial charge in [-0.15, -0.1) is 0 Å². The molecule has 0 bridgehead atoms. The van der Waals surface area contributed by atoms with Crippen molar-refractivity contribution in [1.29, 1.82) is 0 Å². The number of carbonyl (C=O) groups excluding carboxylic acids is 1. The second-order valence-electron chi connectivity index (χ2n) is 5.34. The summed E-state index contributed by atoms with van der Waals surface area (Å²) in [6, 6.07) is 7.88. The van der Waals surface area contributed by atoms with Crippen LogP contribution in [0, 0.1) is 6.92 Å². The summed E-state index contributed by atoms with van der Waals surface area (Å²) in [5.74, 6) is -1.56. The summed E-state index contributed by atoms with van der Waals surface area (Å²) in [4.78, 5) is 35.7. The number of carboxylic acid groups (broad SMARTS) is 1. The van der Waals surface area contributed by atoms with Gasteiger partial charge in [0.25, 0.3) is 5.56 Å². The molecule has 0 aliphatic rings. The molecule has 1 atom stereocenters. The highest BCUT2D eigenvalue weighted by atomic mass is 16.4. The Kier molecular flexibility index (Phi) is 4.80. The number of nitrogens with two attached hydrogens (primary N) is 1. The Hall–Kier alpha value is -2.67. The number of carbonyl (C=O) groups is 2. The number of hydrogen-bond acceptors (Lipinski definition) is 4. The van der Waals surface area contributed by atoms with E-state index in [4.69, 9.17) is 10.8 Å². The minimum absolute atomic E-state index is 0.00667. The first-order valence-electron chi connectivity index (χ1n) is 7.20. The van der Waals surface area contributed by atoms with Gasteiger partial charge < -0.3 is 10.8 Å². The van der Waals surface area contributed by atoms with Crippen LogP contribution < -0.4 is 11.3 Å². The lowest BCUT2D eigenvalue weighted by Crippen LogP contribution is -2.31. The molecule has 0 spiro atoms. The molecule has 122 valence electrons. The number of benzene rings is 1. The van der Waals surface area contributed by atoms with Crippen LogP contribution in [0.25, 0.3) is 5.69 Å². The lowest BCUT2D eigenvalue weighted by atomic mass is 10.0. The van der Waals surface area contributed by atoms with Gasteiger partial charge in [0.1, 0.15) is 11.6 Å². The number of para-hydroxylation sites is 1. The number of rotatable bonds is 6. The number of carboxylic acids is 1. The molecule has 0 aliphatic carbocycles. The number of ketones is 1. The molecule has 23 heavy (non-hydrogen) atoms. The van der Waals surface area contributed by atoms with Crippen LogP contribution in [0.3, 0.4) is 0 Å². The molecule has 1 aromatic heterocycles. The molecular weight excluding hydrogens is 298 g/mol. The van der Waals surface area contributed by atoms with Gasteiger partial charge in [0.05, 0.1) is 5.69 Å². The number of Topliss-reactive ketones (excluding diaryl/α,β-unsaturated/α-hetero) is 1. The molecule has 1 aromatic carbocycles. The summed E-state index contributed by atoms with van der Waals surface area (Å²) in [6.45, 7) is 1.69. The first-order valence-corrected chi connectivity index (χ1v) is 7.20. The molecule has 1 heterocycles. The van der Waals surface area contributed by atoms with Gasteiger partial charge in [0.2, 0.25) is 0 Å². The van der Waals surface area contributed by atoms with Gasteiger partial charge in [0, 0.05) is 19.2 Å². The first kappa shape index (κ1) is 16.7. The maximum atomic E-state index is 12.6. The minimum atomic E-state index is -1.16. The Labute approximate surface area is 132 Å². The summed E-state index contributed by atoms with van der Waals surface area (Å²) >= 11 is 0. The van der Waals surface area contributed by atoms with Crippen molar-refractivity contribution in [2.24, 2.45) is 12.8 Å². The third kappa shape index (κ3) is 3.24. The standard InChI is InChI=1S/C16H19N3O4/c1-10-14(13(20)9-8-12(17)16(22)23)15(21)19(18(10)2)11-6-4-3-5-7-11/h3-7,12H,8-9,17H2,1-2H3,(H,22,23)/t12-/m0/s1. The predicted molar refractivity (Wildman–Crippen MR) is 84.9 cm³/mol. The minimum Gasteiger partial charge on any atom is -0.480 e. The number of aliphatic carboxylic acids is 1. The number of nitrogens with zero attached hydrogens (tertiary/aromatic N) is 2. The Morgan fingerprint density at radius 3 is 2.43 bits per heavy atom. The van der Waals surface area contributed by atoms with Crippen molar-refractivity contribution >= 4 is 11.8 Å². The highest BCUT2D eigenvalue weighted by molar-refractivity contribution is 5.97. The zero-order chi connectivity index (χ0) is 17.1. The molecule has 0 saturated heterocycles. The van der Waals surface area contributed by atoms with E-state index in [-0.39, 0.29) is 18.4 Å². The van der Waals surface area contributed by atoms with Crippen LogP contribution >= 0.6 is 0 Å². The van der Waals surface area contributed by atoms with Gasteiger partial charge in [-0.1, -0.05) is 18.2 Å². The van der Waals surface area contributed by atoms with Gasteiger partial charge in [0.15, 0.2) is 5.78 Å². The molecule has 2 aromatic rings. The van der Waals surface area contributed by atoms with E-state index in [2.05, 4.69) is 0 Å². The topological polar surface area (TPSA) is 107 Å². The van der Waals surface area contributed by atoms with Crippen LogP contribution in [0.4, 0.5) is 0 Å². The van der Waals surface area contributed by atoms with Crippen molar-refractivity contribution in [3.05, 3.63) is 51.9 Å². The van der Waals surface area contributed by atoms with Crippen LogP contribution in [-0.2, 0) is 11.8 Å². The maximum Gasteiger partial charge on any atom is 0.320 e. The van der Waals surface area contributed by atoms with Crippen LogP contribution in [0.15, 0.2) is 35.1 Å². The van der Waals surface area contributed by atoms with Crippen molar-refractivity contribution < 1.29 is 14.7 Å². The molecule has 2 rings (SSSR count).